The Morgan fingerprint density at radius 3 is 2.54 bits per heavy atom. The van der Waals surface area contributed by atoms with Crippen molar-refractivity contribution in [2.45, 2.75) is 19.9 Å². The first kappa shape index (κ1) is 16.3. The number of urea groups is 1. The molecule has 0 unspecified atom stereocenters. The monoisotopic (exact) mass is 334 g/mol. The van der Waals surface area contributed by atoms with Gasteiger partial charge in [0.15, 0.2) is 0 Å². The summed E-state index contributed by atoms with van der Waals surface area (Å²) >= 11 is 0. The SMILES string of the molecule is Cc1nn(C)c(C)c1NC(=O)N1CCN2C(=O)CN(C)C(=O)[C@H]2C1. The molecule has 1 atom stereocenters. The predicted octanol–water partition coefficient (Wildman–Crippen LogP) is -0.446. The average Bonchev–Trinajstić information content (AvgIpc) is 2.78. The number of aryl methyl sites for hydroxylation is 2. The molecule has 0 spiro atoms. The van der Waals surface area contributed by atoms with Crippen LogP contribution >= 0.6 is 0 Å². The Kier molecular flexibility index (Phi) is 3.94. The highest BCUT2D eigenvalue weighted by molar-refractivity contribution is 5.96. The van der Waals surface area contributed by atoms with Crippen LogP contribution in [0.4, 0.5) is 10.5 Å². The van der Waals surface area contributed by atoms with E-state index < -0.39 is 6.04 Å². The number of fused-ring (bicyclic) bond motifs is 1. The lowest BCUT2D eigenvalue weighted by Gasteiger charge is -2.45. The fourth-order valence-electron chi connectivity index (χ4n) is 3.24. The standard InChI is InChI=1S/C15H22N6O3/c1-9-13(10(2)19(4)17-9)16-15(24)20-5-6-21-11(7-20)14(23)18(3)8-12(21)22/h11H,5-8H2,1-4H3,(H,16,24)/t11-/m1/s1. The third-order valence-electron chi connectivity index (χ3n) is 4.76. The van der Waals surface area contributed by atoms with E-state index in [1.54, 1.807) is 21.5 Å². The minimum absolute atomic E-state index is 0.0684. The zero-order valence-corrected chi connectivity index (χ0v) is 14.4. The van der Waals surface area contributed by atoms with Crippen LogP contribution in [0, 0.1) is 13.8 Å². The molecule has 2 saturated heterocycles. The van der Waals surface area contributed by atoms with E-state index in [9.17, 15) is 14.4 Å². The molecule has 24 heavy (non-hydrogen) atoms. The summed E-state index contributed by atoms with van der Waals surface area (Å²) in [5.74, 6) is -0.193. The second kappa shape index (κ2) is 5.81. The molecule has 2 fully saturated rings. The number of hydrogen-bond acceptors (Lipinski definition) is 4. The number of nitrogens with one attached hydrogen (secondary N) is 1. The van der Waals surface area contributed by atoms with Crippen LogP contribution in [0.25, 0.3) is 0 Å². The third kappa shape index (κ3) is 2.59. The number of aromatic nitrogens is 2. The van der Waals surface area contributed by atoms with E-state index in [4.69, 9.17) is 0 Å². The van der Waals surface area contributed by atoms with E-state index in [-0.39, 0.29) is 30.9 Å². The van der Waals surface area contributed by atoms with Crippen molar-refractivity contribution in [2.75, 3.05) is 38.5 Å². The molecule has 4 amide bonds. The van der Waals surface area contributed by atoms with E-state index >= 15 is 0 Å². The second-order valence-electron chi connectivity index (χ2n) is 6.34. The molecular formula is C15H22N6O3. The molecule has 9 nitrogen and oxygen atoms in total. The van der Waals surface area contributed by atoms with Gasteiger partial charge in [-0.05, 0) is 13.8 Å². The number of anilines is 1. The lowest BCUT2D eigenvalue weighted by molar-refractivity contribution is -0.157. The van der Waals surface area contributed by atoms with Crippen LogP contribution in [-0.2, 0) is 16.6 Å². The van der Waals surface area contributed by atoms with Gasteiger partial charge in [0.05, 0.1) is 30.2 Å². The highest BCUT2D eigenvalue weighted by Gasteiger charge is 2.42. The normalized spacial score (nSPS) is 21.2. The Morgan fingerprint density at radius 2 is 1.92 bits per heavy atom. The lowest BCUT2D eigenvalue weighted by Crippen LogP contribution is -2.67. The fourth-order valence-corrected chi connectivity index (χ4v) is 3.24. The number of piperazine rings is 2. The van der Waals surface area contributed by atoms with E-state index in [0.717, 1.165) is 11.4 Å². The number of carbonyl (C=O) groups is 3. The molecule has 130 valence electrons. The van der Waals surface area contributed by atoms with Crippen molar-refractivity contribution in [3.8, 4) is 0 Å². The molecule has 2 aliphatic rings. The Balaban J connectivity index is 1.73. The van der Waals surface area contributed by atoms with Gasteiger partial charge in [0.25, 0.3) is 0 Å². The Bertz CT molecular complexity index is 712. The van der Waals surface area contributed by atoms with E-state index in [1.165, 1.54) is 4.90 Å². The first-order valence-corrected chi connectivity index (χ1v) is 7.90. The quantitative estimate of drug-likeness (QED) is 0.753. The minimum Gasteiger partial charge on any atom is -0.335 e. The Hall–Kier alpha value is -2.58. The van der Waals surface area contributed by atoms with Gasteiger partial charge >= 0.3 is 6.03 Å². The summed E-state index contributed by atoms with van der Waals surface area (Å²) in [4.78, 5) is 41.5. The molecule has 2 aliphatic heterocycles. The molecular weight excluding hydrogens is 312 g/mol. The molecule has 1 aromatic rings. The van der Waals surface area contributed by atoms with Crippen LogP contribution in [0.1, 0.15) is 11.4 Å². The first-order valence-electron chi connectivity index (χ1n) is 7.90. The highest BCUT2D eigenvalue weighted by Crippen LogP contribution is 2.21. The molecule has 0 radical (unpaired) electrons. The Labute approximate surface area is 140 Å². The van der Waals surface area contributed by atoms with Crippen molar-refractivity contribution < 1.29 is 14.4 Å². The van der Waals surface area contributed by atoms with Crippen LogP contribution < -0.4 is 5.32 Å². The molecule has 3 heterocycles. The van der Waals surface area contributed by atoms with Gasteiger partial charge < -0.3 is 20.0 Å². The number of rotatable bonds is 1. The zero-order chi connectivity index (χ0) is 17.6. The van der Waals surface area contributed by atoms with Crippen molar-refractivity contribution in [1.29, 1.82) is 0 Å². The molecule has 3 rings (SSSR count). The van der Waals surface area contributed by atoms with Crippen molar-refractivity contribution in [3.63, 3.8) is 0 Å². The number of amides is 4. The zero-order valence-electron chi connectivity index (χ0n) is 14.4. The number of nitrogens with zero attached hydrogens (tertiary/aromatic N) is 5. The smallest absolute Gasteiger partial charge is 0.322 e. The van der Waals surface area contributed by atoms with Crippen molar-refractivity contribution in [2.24, 2.45) is 7.05 Å². The maximum atomic E-state index is 12.6. The molecule has 0 aromatic carbocycles. The van der Waals surface area contributed by atoms with Crippen molar-refractivity contribution >= 4 is 23.5 Å². The van der Waals surface area contributed by atoms with Gasteiger partial charge in [-0.2, -0.15) is 5.10 Å². The largest absolute Gasteiger partial charge is 0.335 e. The topological polar surface area (TPSA) is 90.8 Å². The molecule has 0 aliphatic carbocycles. The van der Waals surface area contributed by atoms with E-state index in [2.05, 4.69) is 10.4 Å². The number of carbonyl (C=O) groups excluding carboxylic acids is 3. The van der Waals surface area contributed by atoms with Crippen LogP contribution in [0.15, 0.2) is 0 Å². The van der Waals surface area contributed by atoms with E-state index in [1.807, 2.05) is 20.9 Å². The first-order chi connectivity index (χ1) is 11.3. The number of likely N-dealkylation sites (N-methyl/N-ethyl adjacent to an activating group) is 1. The summed E-state index contributed by atoms with van der Waals surface area (Å²) in [7, 11) is 3.43. The van der Waals surface area contributed by atoms with Crippen LogP contribution in [0.3, 0.4) is 0 Å². The maximum Gasteiger partial charge on any atom is 0.322 e. The van der Waals surface area contributed by atoms with Gasteiger partial charge in [-0.25, -0.2) is 4.79 Å². The summed E-state index contributed by atoms with van der Waals surface area (Å²) in [6, 6.07) is -0.867. The fraction of sp³-hybridized carbons (Fsp3) is 0.600. The van der Waals surface area contributed by atoms with Gasteiger partial charge in [-0.1, -0.05) is 0 Å². The average molecular weight is 334 g/mol. The van der Waals surface area contributed by atoms with Crippen molar-refractivity contribution in [1.82, 2.24) is 24.5 Å². The number of hydrogen-bond donors (Lipinski definition) is 1. The van der Waals surface area contributed by atoms with Crippen molar-refractivity contribution in [3.05, 3.63) is 11.4 Å². The van der Waals surface area contributed by atoms with Crippen LogP contribution in [-0.4, -0.2) is 81.6 Å². The Morgan fingerprint density at radius 1 is 1.21 bits per heavy atom. The summed E-state index contributed by atoms with van der Waals surface area (Å²) in [6.45, 7) is 4.81. The van der Waals surface area contributed by atoms with Gasteiger partial charge in [0, 0.05) is 27.2 Å². The molecule has 0 saturated carbocycles. The van der Waals surface area contributed by atoms with Gasteiger partial charge in [0.1, 0.15) is 6.04 Å². The van der Waals surface area contributed by atoms with Gasteiger partial charge in [0.2, 0.25) is 11.8 Å². The molecule has 1 N–H and O–H groups in total. The van der Waals surface area contributed by atoms with Crippen LogP contribution in [0.5, 0.6) is 0 Å². The van der Waals surface area contributed by atoms with Crippen LogP contribution in [0.2, 0.25) is 0 Å². The van der Waals surface area contributed by atoms with Gasteiger partial charge in [-0.15, -0.1) is 0 Å². The minimum atomic E-state index is -0.591. The van der Waals surface area contributed by atoms with Gasteiger partial charge in [-0.3, -0.25) is 14.3 Å². The molecule has 0 bridgehead atoms. The molecule has 9 heteroatoms. The maximum absolute atomic E-state index is 12.6. The lowest BCUT2D eigenvalue weighted by atomic mass is 10.1. The second-order valence-corrected chi connectivity index (χ2v) is 6.34. The summed E-state index contributed by atoms with van der Waals surface area (Å²) in [5, 5.41) is 7.15. The summed E-state index contributed by atoms with van der Waals surface area (Å²) < 4.78 is 1.71. The highest BCUT2D eigenvalue weighted by atomic mass is 16.2. The summed E-state index contributed by atoms with van der Waals surface area (Å²) in [5.41, 5.74) is 2.29. The molecule has 1 aromatic heterocycles. The van der Waals surface area contributed by atoms with E-state index in [0.29, 0.717) is 18.8 Å². The predicted molar refractivity (Wildman–Crippen MR) is 86.4 cm³/mol. The third-order valence-corrected chi connectivity index (χ3v) is 4.76. The summed E-state index contributed by atoms with van der Waals surface area (Å²) in [6.07, 6.45) is 0.